The first-order chi connectivity index (χ1) is 6.93. The molecule has 1 N–H and O–H groups in total. The topological polar surface area (TPSA) is 70.2 Å². The van der Waals surface area contributed by atoms with Crippen molar-refractivity contribution in [2.45, 2.75) is 30.0 Å². The molecular weight excluding hydrogens is 236 g/mol. The average Bonchev–Trinajstić information content (AvgIpc) is 2.91. The molecular formula is C8H12N2O3S2. The molecule has 1 aliphatic carbocycles. The quantitative estimate of drug-likeness (QED) is 0.848. The van der Waals surface area contributed by atoms with E-state index in [1.165, 1.54) is 4.31 Å². The Hall–Kier alpha value is -0.660. The van der Waals surface area contributed by atoms with Gasteiger partial charge in [0.15, 0.2) is 4.21 Å². The number of nitrogens with one attached hydrogen (secondary N) is 1. The molecule has 0 aromatic carbocycles. The highest BCUT2D eigenvalue weighted by atomic mass is 32.2. The predicted molar refractivity (Wildman–Crippen MR) is 57.6 cm³/mol. The molecule has 0 bridgehead atoms. The first-order valence-electron chi connectivity index (χ1n) is 4.60. The summed E-state index contributed by atoms with van der Waals surface area (Å²) in [6.07, 6.45) is 1.82. The maximum absolute atomic E-state index is 12.0. The minimum atomic E-state index is -3.46. The number of H-pyrrole nitrogens is 1. The van der Waals surface area contributed by atoms with Crippen LogP contribution in [0, 0.1) is 6.92 Å². The number of thiazole rings is 1. The Morgan fingerprint density at radius 3 is 2.47 bits per heavy atom. The molecule has 0 saturated heterocycles. The van der Waals surface area contributed by atoms with Crippen molar-refractivity contribution in [3.8, 4) is 0 Å². The lowest BCUT2D eigenvalue weighted by Gasteiger charge is -2.14. The molecule has 5 nitrogen and oxygen atoms in total. The van der Waals surface area contributed by atoms with E-state index in [0.717, 1.165) is 24.2 Å². The van der Waals surface area contributed by atoms with Crippen molar-refractivity contribution in [1.82, 2.24) is 9.29 Å². The van der Waals surface area contributed by atoms with Crippen molar-refractivity contribution < 1.29 is 8.42 Å². The van der Waals surface area contributed by atoms with Crippen molar-refractivity contribution in [3.63, 3.8) is 0 Å². The van der Waals surface area contributed by atoms with Gasteiger partial charge in [0.05, 0.1) is 0 Å². The normalized spacial score (nSPS) is 17.3. The molecule has 2 rings (SSSR count). The Kier molecular flexibility index (Phi) is 2.48. The zero-order valence-corrected chi connectivity index (χ0v) is 10.1. The molecule has 7 heteroatoms. The summed E-state index contributed by atoms with van der Waals surface area (Å²) >= 11 is 0.754. The molecule has 1 heterocycles. The van der Waals surface area contributed by atoms with Gasteiger partial charge < -0.3 is 4.98 Å². The van der Waals surface area contributed by atoms with E-state index in [4.69, 9.17) is 0 Å². The lowest BCUT2D eigenvalue weighted by molar-refractivity contribution is 0.465. The van der Waals surface area contributed by atoms with Crippen LogP contribution >= 0.6 is 11.3 Å². The van der Waals surface area contributed by atoms with Crippen molar-refractivity contribution >= 4 is 21.4 Å². The second-order valence-corrected chi connectivity index (χ2v) is 6.86. The third-order valence-corrected chi connectivity index (χ3v) is 5.95. The van der Waals surface area contributed by atoms with Gasteiger partial charge in [-0.25, -0.2) is 8.42 Å². The van der Waals surface area contributed by atoms with E-state index in [1.54, 1.807) is 14.0 Å². The van der Waals surface area contributed by atoms with Crippen LogP contribution in [0.3, 0.4) is 0 Å². The van der Waals surface area contributed by atoms with Crippen LogP contribution in [-0.4, -0.2) is 30.8 Å². The Labute approximate surface area is 91.8 Å². The lowest BCUT2D eigenvalue weighted by atomic mass is 10.6. The van der Waals surface area contributed by atoms with E-state index < -0.39 is 10.0 Å². The fourth-order valence-electron chi connectivity index (χ4n) is 1.40. The molecule has 84 valence electrons. The van der Waals surface area contributed by atoms with Gasteiger partial charge in [0.25, 0.3) is 10.0 Å². The fourth-order valence-corrected chi connectivity index (χ4v) is 4.28. The molecule has 1 saturated carbocycles. The summed E-state index contributed by atoms with van der Waals surface area (Å²) in [5, 5.41) is 0. The molecule has 1 aromatic heterocycles. The second kappa shape index (κ2) is 3.43. The van der Waals surface area contributed by atoms with Gasteiger partial charge in [-0.1, -0.05) is 11.3 Å². The van der Waals surface area contributed by atoms with E-state index in [9.17, 15) is 13.2 Å². The summed E-state index contributed by atoms with van der Waals surface area (Å²) in [5.74, 6) is 0. The third kappa shape index (κ3) is 1.86. The van der Waals surface area contributed by atoms with Crippen molar-refractivity contribution in [3.05, 3.63) is 15.4 Å². The SMILES string of the molecule is Cc1[nH]c(=O)sc1S(=O)(=O)N(C)C1CC1. The summed E-state index contributed by atoms with van der Waals surface area (Å²) < 4.78 is 25.6. The second-order valence-electron chi connectivity index (χ2n) is 3.68. The van der Waals surface area contributed by atoms with Crippen LogP contribution in [0.1, 0.15) is 18.5 Å². The summed E-state index contributed by atoms with van der Waals surface area (Å²) in [5.41, 5.74) is 0.428. The number of aromatic amines is 1. The van der Waals surface area contributed by atoms with Crippen molar-refractivity contribution in [2.75, 3.05) is 7.05 Å². The van der Waals surface area contributed by atoms with Crippen LogP contribution in [-0.2, 0) is 10.0 Å². The molecule has 1 aromatic rings. The highest BCUT2D eigenvalue weighted by Gasteiger charge is 2.36. The first-order valence-corrected chi connectivity index (χ1v) is 6.86. The van der Waals surface area contributed by atoms with Gasteiger partial charge in [0.1, 0.15) is 0 Å². The molecule has 0 atom stereocenters. The Bertz CT molecular complexity index is 524. The van der Waals surface area contributed by atoms with Gasteiger partial charge in [0.2, 0.25) is 0 Å². The maximum Gasteiger partial charge on any atom is 0.305 e. The highest BCUT2D eigenvalue weighted by Crippen LogP contribution is 2.31. The number of sulfonamides is 1. The maximum atomic E-state index is 12.0. The van der Waals surface area contributed by atoms with Crippen LogP contribution in [0.5, 0.6) is 0 Å². The van der Waals surface area contributed by atoms with Gasteiger partial charge in [-0.2, -0.15) is 4.31 Å². The number of nitrogens with zero attached hydrogens (tertiary/aromatic N) is 1. The van der Waals surface area contributed by atoms with Gasteiger partial charge in [-0.15, -0.1) is 0 Å². The summed E-state index contributed by atoms with van der Waals surface area (Å²) in [6, 6.07) is 0.117. The predicted octanol–water partition coefficient (Wildman–Crippen LogP) is 0.528. The lowest BCUT2D eigenvalue weighted by Crippen LogP contribution is -2.28. The summed E-state index contributed by atoms with van der Waals surface area (Å²) in [4.78, 5) is 13.2. The number of aromatic nitrogens is 1. The minimum Gasteiger partial charge on any atom is -0.315 e. The monoisotopic (exact) mass is 248 g/mol. The molecule has 0 amide bonds. The molecule has 0 radical (unpaired) electrons. The Morgan fingerprint density at radius 2 is 2.07 bits per heavy atom. The van der Waals surface area contributed by atoms with Crippen LogP contribution < -0.4 is 4.87 Å². The molecule has 0 aliphatic heterocycles. The average molecular weight is 248 g/mol. The molecule has 1 fully saturated rings. The fraction of sp³-hybridized carbons (Fsp3) is 0.625. The smallest absolute Gasteiger partial charge is 0.305 e. The zero-order valence-electron chi connectivity index (χ0n) is 8.48. The van der Waals surface area contributed by atoms with Crippen LogP contribution in [0.4, 0.5) is 0 Å². The van der Waals surface area contributed by atoms with Crippen molar-refractivity contribution in [2.24, 2.45) is 0 Å². The third-order valence-electron chi connectivity index (χ3n) is 2.46. The number of hydrogen-bond donors (Lipinski definition) is 1. The van der Waals surface area contributed by atoms with Gasteiger partial charge in [0, 0.05) is 18.8 Å². The summed E-state index contributed by atoms with van der Waals surface area (Å²) in [6.45, 7) is 1.60. The minimum absolute atomic E-state index is 0.117. The van der Waals surface area contributed by atoms with E-state index in [1.807, 2.05) is 0 Å². The van der Waals surface area contributed by atoms with Gasteiger partial charge in [-0.05, 0) is 19.8 Å². The van der Waals surface area contributed by atoms with E-state index >= 15 is 0 Å². The molecule has 0 unspecified atom stereocenters. The van der Waals surface area contributed by atoms with Gasteiger partial charge >= 0.3 is 4.87 Å². The molecule has 1 aliphatic rings. The number of hydrogen-bond acceptors (Lipinski definition) is 4. The van der Waals surface area contributed by atoms with E-state index in [0.29, 0.717) is 5.69 Å². The van der Waals surface area contributed by atoms with Crippen LogP contribution in [0.2, 0.25) is 0 Å². The van der Waals surface area contributed by atoms with Crippen LogP contribution in [0.25, 0.3) is 0 Å². The zero-order chi connectivity index (χ0) is 11.2. The number of rotatable bonds is 3. The van der Waals surface area contributed by atoms with E-state index in [2.05, 4.69) is 4.98 Å². The Balaban J connectivity index is 2.44. The van der Waals surface area contributed by atoms with Crippen LogP contribution in [0.15, 0.2) is 9.00 Å². The Morgan fingerprint density at radius 1 is 1.47 bits per heavy atom. The standard InChI is InChI=1S/C8H12N2O3S2/c1-5-7(14-8(11)9-5)15(12,13)10(2)6-3-4-6/h6H,3-4H2,1-2H3,(H,9,11). The highest BCUT2D eigenvalue weighted by molar-refractivity contribution is 7.91. The molecule has 0 spiro atoms. The van der Waals surface area contributed by atoms with Crippen molar-refractivity contribution in [1.29, 1.82) is 0 Å². The molecule has 15 heavy (non-hydrogen) atoms. The van der Waals surface area contributed by atoms with E-state index in [-0.39, 0.29) is 15.1 Å². The largest absolute Gasteiger partial charge is 0.315 e. The summed E-state index contributed by atoms with van der Waals surface area (Å²) in [7, 11) is -1.90. The first kappa shape index (κ1) is 10.8. The number of aryl methyl sites for hydroxylation is 1. The van der Waals surface area contributed by atoms with Gasteiger partial charge in [-0.3, -0.25) is 4.79 Å².